The SMILES string of the molecule is CCN1CCN(C(=O)N[C@@H](C(=O)N[C@H](C(=O)O)[C@@H]2NC(C(=O)O)=C(CSc3nnnn3C)CS2)c2ccc(OC(=O)C3=C(CSc4nnnn4C)CS[C@H]([C@H](NC(=O)[C@H](NC(=O)N4CCN(CC)C(=O)C4=O)c4ccc(O)cc4)C(=O)O)N3)cc2)C(=O)C1=O. The Balaban J connectivity index is 1.03. The van der Waals surface area contributed by atoms with Crippen molar-refractivity contribution in [1.29, 1.82) is 0 Å². The van der Waals surface area contributed by atoms with E-state index in [0.717, 1.165) is 47.0 Å². The molecule has 472 valence electrons. The number of ether oxygens (including phenoxy) is 1. The molecular formula is C50H56N18O17S4. The number of carboxylic acid groups (broad SMARTS) is 3. The highest BCUT2D eigenvalue weighted by Crippen LogP contribution is 2.32. The number of carbonyl (C=O) groups excluding carboxylic acids is 9. The van der Waals surface area contributed by atoms with E-state index >= 15 is 0 Å². The van der Waals surface area contributed by atoms with Crippen LogP contribution in [0.2, 0.25) is 0 Å². The van der Waals surface area contributed by atoms with E-state index in [2.05, 4.69) is 63.0 Å². The monoisotopic (exact) mass is 1310 g/mol. The maximum atomic E-state index is 14.5. The van der Waals surface area contributed by atoms with Crippen molar-refractivity contribution in [1.82, 2.24) is 91.9 Å². The lowest BCUT2D eigenvalue weighted by Gasteiger charge is -2.34. The first-order valence-electron chi connectivity index (χ1n) is 26.6. The summed E-state index contributed by atoms with van der Waals surface area (Å²) >= 11 is 4.12. The van der Waals surface area contributed by atoms with Crippen LogP contribution in [0.1, 0.15) is 37.1 Å². The van der Waals surface area contributed by atoms with Gasteiger partial charge in [0, 0.05) is 76.4 Å². The van der Waals surface area contributed by atoms with E-state index in [1.54, 1.807) is 27.9 Å². The van der Waals surface area contributed by atoms with Gasteiger partial charge in [-0.1, -0.05) is 47.8 Å². The molecule has 89 heavy (non-hydrogen) atoms. The molecule has 0 spiro atoms. The summed E-state index contributed by atoms with van der Waals surface area (Å²) in [5.74, 6) is -12.9. The molecule has 0 bridgehead atoms. The lowest BCUT2D eigenvalue weighted by atomic mass is 10.0. The first-order valence-corrected chi connectivity index (χ1v) is 30.7. The molecule has 10 N–H and O–H groups in total. The molecule has 4 aliphatic rings. The van der Waals surface area contributed by atoms with E-state index in [1.807, 2.05) is 0 Å². The van der Waals surface area contributed by atoms with Crippen molar-refractivity contribution >= 4 is 118 Å². The van der Waals surface area contributed by atoms with E-state index < -0.39 is 106 Å². The Morgan fingerprint density at radius 3 is 1.42 bits per heavy atom. The van der Waals surface area contributed by atoms with Crippen molar-refractivity contribution < 1.29 is 82.7 Å². The Hall–Kier alpha value is -9.50. The van der Waals surface area contributed by atoms with Crippen LogP contribution < -0.4 is 36.6 Å². The standard InChI is InChI=1S/C50H56N18O17S4/c1-5-65-15-17-67(41(74)39(65)72)47(83)55-29(23-7-11-27(69)12-8-23)35(70)52-34(45(80)81)38-54-32(26(20-87-38)22-89-50-58-60-62-64(50)4)46(82)85-28-13-9-24(10-14-28)30(56-48(84)68-18-16-66(6-2)40(73)42(68)75)36(71)51-33(44(78)79)37-53-31(43(76)77)25(19-86-37)21-88-49-57-59-61-63(49)3/h7-14,29-30,33-34,37-38,53-54,69H,5-6,15-22H2,1-4H3,(H,51,71)(H,52,70)(H,55,83)(H,56,84)(H,76,77)(H,78,79)(H,80,81)/t29-,30-,33+,34+,37-,38-/m1/s1. The summed E-state index contributed by atoms with van der Waals surface area (Å²) in [4.78, 5) is 165. The molecule has 2 saturated heterocycles. The van der Waals surface area contributed by atoms with E-state index in [1.165, 1.54) is 67.7 Å². The number of hydrogen-bond acceptors (Lipinski definition) is 26. The van der Waals surface area contributed by atoms with Gasteiger partial charge in [0.05, 0.1) is 0 Å². The smallest absolute Gasteiger partial charge is 0.359 e. The van der Waals surface area contributed by atoms with E-state index in [4.69, 9.17) is 4.74 Å². The lowest BCUT2D eigenvalue weighted by Crippen LogP contribution is -2.60. The Morgan fingerprint density at radius 1 is 0.607 bits per heavy atom. The lowest BCUT2D eigenvalue weighted by molar-refractivity contribution is -0.153. The van der Waals surface area contributed by atoms with Crippen LogP contribution in [0, 0.1) is 0 Å². The molecule has 2 aromatic carbocycles. The number of esters is 1. The number of imide groups is 2. The molecule has 4 aromatic rings. The van der Waals surface area contributed by atoms with Crippen molar-refractivity contribution in [3.63, 3.8) is 0 Å². The Morgan fingerprint density at radius 2 is 1.02 bits per heavy atom. The maximum absolute atomic E-state index is 14.5. The quantitative estimate of drug-likeness (QED) is 0.0160. The summed E-state index contributed by atoms with van der Waals surface area (Å²) < 4.78 is 8.53. The summed E-state index contributed by atoms with van der Waals surface area (Å²) in [5, 5.41) is 77.0. The second-order valence-electron chi connectivity index (χ2n) is 19.4. The number of aromatic nitrogens is 8. The number of carboxylic acids is 3. The number of tetrazole rings is 2. The van der Waals surface area contributed by atoms with Crippen LogP contribution in [0.5, 0.6) is 11.5 Å². The summed E-state index contributed by atoms with van der Waals surface area (Å²) in [5.41, 5.74) is -0.00601. The minimum absolute atomic E-state index is 0.00235. The first kappa shape index (κ1) is 65.5. The second-order valence-corrected chi connectivity index (χ2v) is 23.6. The van der Waals surface area contributed by atoms with Gasteiger partial charge in [0.1, 0.15) is 45.7 Å². The average Bonchev–Trinajstić information content (AvgIpc) is 2.94. The zero-order valence-electron chi connectivity index (χ0n) is 47.2. The summed E-state index contributed by atoms with van der Waals surface area (Å²) in [6.07, 6.45) is 0. The van der Waals surface area contributed by atoms with E-state index in [0.29, 0.717) is 31.3 Å². The number of piperazine rings is 2. The Bertz CT molecular complexity index is 3530. The molecule has 2 aromatic heterocycles. The third-order valence-corrected chi connectivity index (χ3v) is 18.5. The number of carbonyl (C=O) groups is 12. The van der Waals surface area contributed by atoms with Gasteiger partial charge in [0.2, 0.25) is 22.1 Å². The minimum Gasteiger partial charge on any atom is -0.508 e. The third-order valence-electron chi connectivity index (χ3n) is 13.8. The van der Waals surface area contributed by atoms with Gasteiger partial charge in [0.15, 0.2) is 12.1 Å². The topological polar surface area (TPSA) is 467 Å². The van der Waals surface area contributed by atoms with E-state index in [-0.39, 0.29) is 96.3 Å². The molecule has 8 rings (SSSR count). The number of hydrogen-bond donors (Lipinski definition) is 10. The number of aromatic hydroxyl groups is 1. The average molecular weight is 1310 g/mol. The van der Waals surface area contributed by atoms with Gasteiger partial charge in [-0.25, -0.2) is 38.1 Å². The van der Waals surface area contributed by atoms with Crippen LogP contribution in [0.25, 0.3) is 0 Å². The molecule has 0 unspecified atom stereocenters. The van der Waals surface area contributed by atoms with Crippen molar-refractivity contribution in [3.8, 4) is 11.5 Å². The molecule has 0 saturated carbocycles. The van der Waals surface area contributed by atoms with Gasteiger partial charge in [0.25, 0.3) is 0 Å². The number of benzene rings is 2. The summed E-state index contributed by atoms with van der Waals surface area (Å²) in [7, 11) is 3.15. The fraction of sp³-hybridized carbons (Fsp3) is 0.400. The first-order chi connectivity index (χ1) is 42.5. The number of amides is 10. The van der Waals surface area contributed by atoms with Crippen LogP contribution in [0.4, 0.5) is 9.59 Å². The van der Waals surface area contributed by atoms with Crippen LogP contribution >= 0.6 is 47.0 Å². The largest absolute Gasteiger partial charge is 0.508 e. The number of aryl methyl sites for hydroxylation is 2. The number of rotatable bonds is 23. The number of phenolic OH excluding ortho intramolecular Hbond substituents is 1. The molecule has 2 fully saturated rings. The number of likely N-dealkylation sites (N-methyl/N-ethyl adjacent to an activating group) is 2. The minimum atomic E-state index is -1.89. The Labute approximate surface area is 519 Å². The van der Waals surface area contributed by atoms with Crippen molar-refractivity contribution in [2.24, 2.45) is 14.1 Å². The molecule has 39 heteroatoms. The van der Waals surface area contributed by atoms with Crippen LogP contribution in [-0.2, 0) is 62.0 Å². The van der Waals surface area contributed by atoms with Crippen molar-refractivity contribution in [2.75, 3.05) is 62.3 Å². The fourth-order valence-corrected chi connectivity index (χ4v) is 13.4. The number of nitrogens with zero attached hydrogens (tertiary/aromatic N) is 12. The normalized spacial score (nSPS) is 18.5. The molecule has 35 nitrogen and oxygen atoms in total. The number of aliphatic carboxylic acids is 3. The Kier molecular flexibility index (Phi) is 21.3. The van der Waals surface area contributed by atoms with Crippen LogP contribution in [0.3, 0.4) is 0 Å². The number of urea groups is 2. The van der Waals surface area contributed by atoms with E-state index in [9.17, 15) is 78.0 Å². The van der Waals surface area contributed by atoms with Gasteiger partial charge >= 0.3 is 59.6 Å². The number of nitrogens with one attached hydrogen (secondary N) is 6. The van der Waals surface area contributed by atoms with Gasteiger partial charge < -0.3 is 66.9 Å². The van der Waals surface area contributed by atoms with Gasteiger partial charge in [-0.15, -0.1) is 33.7 Å². The third kappa shape index (κ3) is 15.4. The predicted octanol–water partition coefficient (Wildman–Crippen LogP) is -2.43. The molecule has 0 aliphatic carbocycles. The summed E-state index contributed by atoms with van der Waals surface area (Å²) in [6, 6.07) is -0.0421. The van der Waals surface area contributed by atoms with Crippen molar-refractivity contribution in [3.05, 3.63) is 82.2 Å². The molecule has 4 aliphatic heterocycles. The zero-order chi connectivity index (χ0) is 64.4. The maximum Gasteiger partial charge on any atom is 0.359 e. The van der Waals surface area contributed by atoms with Gasteiger partial charge in [-0.3, -0.25) is 38.6 Å². The zero-order valence-corrected chi connectivity index (χ0v) is 50.5. The summed E-state index contributed by atoms with van der Waals surface area (Å²) in [6.45, 7) is 3.05. The molecule has 6 heterocycles. The van der Waals surface area contributed by atoms with Crippen molar-refractivity contribution in [2.45, 2.75) is 59.1 Å². The van der Waals surface area contributed by atoms with Gasteiger partial charge in [-0.05, 0) is 81.2 Å². The predicted molar refractivity (Wildman–Crippen MR) is 309 cm³/mol. The highest BCUT2D eigenvalue weighted by Gasteiger charge is 2.43. The van der Waals surface area contributed by atoms with Crippen LogP contribution in [0.15, 0.2) is 81.4 Å². The number of phenols is 1. The molecule has 0 radical (unpaired) electrons. The van der Waals surface area contributed by atoms with Gasteiger partial charge in [-0.2, -0.15) is 0 Å². The molecule has 10 amide bonds. The highest BCUT2D eigenvalue weighted by atomic mass is 32.2. The highest BCUT2D eigenvalue weighted by molar-refractivity contribution is 8.01. The molecule has 6 atom stereocenters. The fourth-order valence-electron chi connectivity index (χ4n) is 8.99. The molecular weight excluding hydrogens is 1250 g/mol. The van der Waals surface area contributed by atoms with Crippen LogP contribution in [-0.4, -0.2) is 237 Å². The number of thioether (sulfide) groups is 4. The second kappa shape index (κ2) is 29.0.